The van der Waals surface area contributed by atoms with Crippen LogP contribution in [0.1, 0.15) is 5.56 Å². The second kappa shape index (κ2) is 9.02. The average Bonchev–Trinajstić information content (AvgIpc) is 3.16. The number of aromatic nitrogens is 2. The summed E-state index contributed by atoms with van der Waals surface area (Å²) < 4.78 is 75.4. The van der Waals surface area contributed by atoms with Gasteiger partial charge in [0.05, 0.1) is 9.79 Å². The number of rotatable bonds is 7. The van der Waals surface area contributed by atoms with Gasteiger partial charge in [-0.3, -0.25) is 4.72 Å². The summed E-state index contributed by atoms with van der Waals surface area (Å²) in [5, 5.41) is 13.6. The number of hydrogen-bond donors (Lipinski definition) is 4. The fraction of sp³-hybridized carbons (Fsp3) is 0.0625. The van der Waals surface area contributed by atoms with E-state index in [4.69, 9.17) is 5.14 Å². The van der Waals surface area contributed by atoms with E-state index in [1.54, 1.807) is 19.1 Å². The standard InChI is InChI=1S/C16H16N6O7S4/c1-10-4-2-3-5-13(10)33(28,29)21-14(23)18-11-6-8-12(9-7-11)32(26,27)22-15-19-20-16(30-15)31(17,24)25/h2-9H,1H3,(H,19,22)(H2,17,24,25)(H2,18,21,23). The number of aryl methyl sites for hydroxylation is 1. The minimum atomic E-state index is -4.16. The number of nitrogens with zero attached hydrogens (tertiary/aromatic N) is 2. The highest BCUT2D eigenvalue weighted by molar-refractivity contribution is 7.93. The number of primary sulfonamides is 1. The first-order valence-corrected chi connectivity index (χ1v) is 14.0. The molecular weight excluding hydrogens is 516 g/mol. The molecule has 13 nitrogen and oxygen atoms in total. The van der Waals surface area contributed by atoms with E-state index in [0.29, 0.717) is 16.9 Å². The van der Waals surface area contributed by atoms with Crippen LogP contribution in [0.4, 0.5) is 15.6 Å². The molecule has 176 valence electrons. The molecule has 0 saturated heterocycles. The Bertz CT molecular complexity index is 1520. The van der Waals surface area contributed by atoms with Crippen molar-refractivity contribution in [2.45, 2.75) is 21.1 Å². The Morgan fingerprint density at radius 1 is 0.909 bits per heavy atom. The molecule has 0 radical (unpaired) electrons. The minimum absolute atomic E-state index is 0.0602. The van der Waals surface area contributed by atoms with Crippen LogP contribution in [-0.4, -0.2) is 41.5 Å². The van der Waals surface area contributed by atoms with Crippen molar-refractivity contribution >= 4 is 58.3 Å². The zero-order valence-corrected chi connectivity index (χ0v) is 19.8. The summed E-state index contributed by atoms with van der Waals surface area (Å²) in [6, 6.07) is 9.78. The average molecular weight is 533 g/mol. The number of nitrogens with one attached hydrogen (secondary N) is 3. The van der Waals surface area contributed by atoms with Gasteiger partial charge < -0.3 is 5.32 Å². The first-order chi connectivity index (χ1) is 15.3. The summed E-state index contributed by atoms with van der Waals surface area (Å²) in [7, 11) is -12.4. The Labute approximate surface area is 193 Å². The molecule has 2 aromatic carbocycles. The van der Waals surface area contributed by atoms with Crippen molar-refractivity contribution < 1.29 is 30.0 Å². The van der Waals surface area contributed by atoms with Gasteiger partial charge in [0, 0.05) is 5.69 Å². The molecule has 0 aliphatic carbocycles. The highest BCUT2D eigenvalue weighted by atomic mass is 32.2. The second-order valence-corrected chi connectivity index (χ2v) is 12.4. The first-order valence-electron chi connectivity index (χ1n) is 8.66. The van der Waals surface area contributed by atoms with E-state index >= 15 is 0 Å². The van der Waals surface area contributed by atoms with Crippen LogP contribution in [-0.2, 0) is 30.1 Å². The van der Waals surface area contributed by atoms with Gasteiger partial charge in [-0.1, -0.05) is 29.5 Å². The Hall–Kier alpha value is -3.12. The van der Waals surface area contributed by atoms with Gasteiger partial charge in [-0.05, 0) is 42.8 Å². The van der Waals surface area contributed by atoms with Crippen LogP contribution in [0.2, 0.25) is 0 Å². The number of anilines is 2. The van der Waals surface area contributed by atoms with E-state index in [0.717, 1.165) is 12.1 Å². The number of urea groups is 1. The maximum atomic E-state index is 12.4. The van der Waals surface area contributed by atoms with Gasteiger partial charge in [-0.25, -0.2) is 39.9 Å². The van der Waals surface area contributed by atoms with E-state index in [1.807, 2.05) is 4.72 Å². The van der Waals surface area contributed by atoms with E-state index in [9.17, 15) is 30.0 Å². The van der Waals surface area contributed by atoms with Gasteiger partial charge in [-0.15, -0.1) is 10.2 Å². The zero-order valence-electron chi connectivity index (χ0n) is 16.6. The lowest BCUT2D eigenvalue weighted by atomic mass is 10.2. The van der Waals surface area contributed by atoms with Crippen molar-refractivity contribution in [3.63, 3.8) is 0 Å². The molecule has 0 aliphatic heterocycles. The molecule has 0 atom stereocenters. The molecule has 0 spiro atoms. The van der Waals surface area contributed by atoms with Gasteiger partial charge in [0.1, 0.15) is 0 Å². The predicted molar refractivity (Wildman–Crippen MR) is 119 cm³/mol. The molecule has 3 aromatic rings. The Balaban J connectivity index is 1.69. The molecule has 17 heteroatoms. The van der Waals surface area contributed by atoms with Crippen LogP contribution in [0.15, 0.2) is 62.7 Å². The Morgan fingerprint density at radius 3 is 2.12 bits per heavy atom. The summed E-state index contributed by atoms with van der Waals surface area (Å²) in [6.07, 6.45) is 0. The van der Waals surface area contributed by atoms with Crippen LogP contribution in [0.3, 0.4) is 0 Å². The second-order valence-electron chi connectivity index (χ2n) is 6.37. The zero-order chi connectivity index (χ0) is 24.4. The van der Waals surface area contributed by atoms with Crippen molar-refractivity contribution in [1.29, 1.82) is 0 Å². The molecule has 0 bridgehead atoms. The fourth-order valence-corrected chi connectivity index (χ4v) is 6.17. The lowest BCUT2D eigenvalue weighted by molar-refractivity contribution is 0.256. The van der Waals surface area contributed by atoms with Gasteiger partial charge in [0.25, 0.3) is 30.1 Å². The smallest absolute Gasteiger partial charge is 0.307 e. The van der Waals surface area contributed by atoms with Crippen molar-refractivity contribution in [2.24, 2.45) is 5.14 Å². The molecule has 33 heavy (non-hydrogen) atoms. The maximum Gasteiger partial charge on any atom is 0.333 e. The highest BCUT2D eigenvalue weighted by Crippen LogP contribution is 2.23. The normalized spacial score (nSPS) is 12.2. The van der Waals surface area contributed by atoms with Crippen LogP contribution in [0.5, 0.6) is 0 Å². The molecule has 1 heterocycles. The van der Waals surface area contributed by atoms with Crippen LogP contribution in [0, 0.1) is 6.92 Å². The van der Waals surface area contributed by atoms with E-state index < -0.39 is 40.4 Å². The van der Waals surface area contributed by atoms with Crippen molar-refractivity contribution in [3.05, 3.63) is 54.1 Å². The van der Waals surface area contributed by atoms with Crippen LogP contribution < -0.4 is 19.9 Å². The molecule has 2 amide bonds. The number of nitrogens with two attached hydrogens (primary N) is 1. The Morgan fingerprint density at radius 2 is 1.55 bits per heavy atom. The molecule has 0 fully saturated rings. The summed E-state index contributed by atoms with van der Waals surface area (Å²) in [4.78, 5) is 11.8. The van der Waals surface area contributed by atoms with E-state index in [-0.39, 0.29) is 20.6 Å². The summed E-state index contributed by atoms with van der Waals surface area (Å²) in [5.41, 5.74) is 0.560. The number of amides is 2. The third-order valence-electron chi connectivity index (χ3n) is 3.90. The lowest BCUT2D eigenvalue weighted by Crippen LogP contribution is -2.34. The number of carbonyl (C=O) groups is 1. The topological polar surface area (TPSA) is 207 Å². The largest absolute Gasteiger partial charge is 0.333 e. The SMILES string of the molecule is Cc1ccccc1S(=O)(=O)NC(=O)Nc1ccc(S(=O)(=O)Nc2nnc(S(N)(=O)=O)s2)cc1. The summed E-state index contributed by atoms with van der Waals surface area (Å²) in [6.45, 7) is 1.58. The minimum Gasteiger partial charge on any atom is -0.307 e. The van der Waals surface area contributed by atoms with E-state index in [2.05, 4.69) is 20.2 Å². The quantitative estimate of drug-likeness (QED) is 0.339. The first kappa shape index (κ1) is 24.5. The third-order valence-corrected chi connectivity index (χ3v) is 9.03. The number of carbonyl (C=O) groups excluding carboxylic acids is 1. The summed E-state index contributed by atoms with van der Waals surface area (Å²) >= 11 is 0.430. The molecule has 3 rings (SSSR count). The van der Waals surface area contributed by atoms with E-state index in [1.165, 1.54) is 24.3 Å². The molecular formula is C16H16N6O7S4. The molecule has 0 saturated carbocycles. The Kier molecular flexibility index (Phi) is 6.70. The van der Waals surface area contributed by atoms with Gasteiger partial charge >= 0.3 is 6.03 Å². The van der Waals surface area contributed by atoms with Crippen LogP contribution in [0.25, 0.3) is 0 Å². The number of hydrogen-bond acceptors (Lipinski definition) is 10. The lowest BCUT2D eigenvalue weighted by Gasteiger charge is -2.11. The monoisotopic (exact) mass is 532 g/mol. The highest BCUT2D eigenvalue weighted by Gasteiger charge is 2.22. The van der Waals surface area contributed by atoms with Crippen molar-refractivity contribution in [1.82, 2.24) is 14.9 Å². The molecule has 5 N–H and O–H groups in total. The number of benzene rings is 2. The fourth-order valence-electron chi connectivity index (χ4n) is 2.45. The van der Waals surface area contributed by atoms with Crippen molar-refractivity contribution in [2.75, 3.05) is 10.0 Å². The third kappa shape index (κ3) is 6.02. The predicted octanol–water partition coefficient (Wildman–Crippen LogP) is 0.805. The maximum absolute atomic E-state index is 12.4. The van der Waals surface area contributed by atoms with Crippen LogP contribution >= 0.6 is 11.3 Å². The van der Waals surface area contributed by atoms with Gasteiger partial charge in [-0.2, -0.15) is 0 Å². The summed E-state index contributed by atoms with van der Waals surface area (Å²) in [5.74, 6) is 0. The van der Waals surface area contributed by atoms with Gasteiger partial charge in [0.2, 0.25) is 9.47 Å². The van der Waals surface area contributed by atoms with Gasteiger partial charge in [0.15, 0.2) is 0 Å². The molecule has 0 unspecified atom stereocenters. The molecule has 0 aliphatic rings. The number of sulfonamides is 3. The molecule has 1 aromatic heterocycles. The van der Waals surface area contributed by atoms with Crippen molar-refractivity contribution in [3.8, 4) is 0 Å².